The summed E-state index contributed by atoms with van der Waals surface area (Å²) >= 11 is 0. The van der Waals surface area contributed by atoms with Gasteiger partial charge < -0.3 is 44.8 Å². The smallest absolute Gasteiger partial charge is 0.187 e. The van der Waals surface area contributed by atoms with Crippen molar-refractivity contribution in [1.82, 2.24) is 0 Å². The summed E-state index contributed by atoms with van der Waals surface area (Å²) in [6, 6.07) is 0. The van der Waals surface area contributed by atoms with Crippen LogP contribution in [0, 0.1) is 0 Å². The molecule has 0 radical (unpaired) electrons. The van der Waals surface area contributed by atoms with Gasteiger partial charge in [0, 0.05) is 0 Å². The van der Waals surface area contributed by atoms with Gasteiger partial charge in [0.2, 0.25) is 0 Å². The van der Waals surface area contributed by atoms with Crippen molar-refractivity contribution in [2.45, 2.75) is 62.0 Å². The van der Waals surface area contributed by atoms with Crippen molar-refractivity contribution < 1.29 is 44.8 Å². The van der Waals surface area contributed by atoms with E-state index in [0.29, 0.717) is 0 Å². The molecule has 0 saturated carbocycles. The molecular weight excluding hydrogens is 290 g/mol. The molecule has 2 saturated heterocycles. The van der Waals surface area contributed by atoms with Crippen LogP contribution in [-0.2, 0) is 14.2 Å². The predicted molar refractivity (Wildman–Crippen MR) is 66.1 cm³/mol. The topological polar surface area (TPSA) is 149 Å². The first kappa shape index (κ1) is 17.0. The van der Waals surface area contributed by atoms with Crippen LogP contribution in [0.3, 0.4) is 0 Å². The molecule has 124 valence electrons. The molecular formula is C12H22O9. The molecule has 6 N–H and O–H groups in total. The quantitative estimate of drug-likeness (QED) is 0.290. The maximum absolute atomic E-state index is 9.92. The van der Waals surface area contributed by atoms with E-state index < -0.39 is 61.7 Å². The number of aliphatic hydroxyl groups excluding tert-OH is 6. The van der Waals surface area contributed by atoms with Crippen molar-refractivity contribution in [1.29, 1.82) is 0 Å². The third-order valence-electron chi connectivity index (χ3n) is 3.88. The van der Waals surface area contributed by atoms with Gasteiger partial charge in [0.25, 0.3) is 0 Å². The van der Waals surface area contributed by atoms with Gasteiger partial charge in [-0.1, -0.05) is 0 Å². The molecule has 0 aromatic rings. The maximum Gasteiger partial charge on any atom is 0.187 e. The number of rotatable bonds is 3. The van der Waals surface area contributed by atoms with Crippen LogP contribution in [0.4, 0.5) is 0 Å². The highest BCUT2D eigenvalue weighted by molar-refractivity contribution is 4.91. The zero-order valence-corrected chi connectivity index (χ0v) is 11.5. The summed E-state index contributed by atoms with van der Waals surface area (Å²) in [6.07, 6.45) is -10.9. The molecule has 0 aromatic carbocycles. The van der Waals surface area contributed by atoms with E-state index in [-0.39, 0.29) is 6.61 Å². The molecule has 2 heterocycles. The molecule has 9 heteroatoms. The minimum atomic E-state index is -1.50. The first-order valence-corrected chi connectivity index (χ1v) is 6.80. The van der Waals surface area contributed by atoms with Crippen molar-refractivity contribution in [3.05, 3.63) is 0 Å². The molecule has 2 aliphatic rings. The van der Waals surface area contributed by atoms with E-state index in [2.05, 4.69) is 0 Å². The molecule has 0 unspecified atom stereocenters. The average molecular weight is 312 g/mol. The Bertz CT molecular complexity index is 341. The van der Waals surface area contributed by atoms with E-state index in [0.717, 1.165) is 0 Å². The number of hydrogen-bond donors (Lipinski definition) is 6. The van der Waals surface area contributed by atoms with Gasteiger partial charge in [-0.2, -0.15) is 0 Å². The first-order chi connectivity index (χ1) is 9.86. The minimum Gasteiger partial charge on any atom is -0.394 e. The summed E-state index contributed by atoms with van der Waals surface area (Å²) in [5.41, 5.74) is 0. The Balaban J connectivity index is 1.98. The number of aliphatic hydroxyl groups is 6. The van der Waals surface area contributed by atoms with E-state index >= 15 is 0 Å². The summed E-state index contributed by atoms with van der Waals surface area (Å²) in [7, 11) is 0. The van der Waals surface area contributed by atoms with E-state index in [4.69, 9.17) is 19.3 Å². The largest absolute Gasteiger partial charge is 0.394 e. The Morgan fingerprint density at radius 3 is 2.38 bits per heavy atom. The molecule has 9 nitrogen and oxygen atoms in total. The van der Waals surface area contributed by atoms with Crippen LogP contribution in [0.25, 0.3) is 0 Å². The Morgan fingerprint density at radius 1 is 1.10 bits per heavy atom. The van der Waals surface area contributed by atoms with Gasteiger partial charge in [-0.3, -0.25) is 0 Å². The monoisotopic (exact) mass is 312 g/mol. The molecule has 0 amide bonds. The summed E-state index contributed by atoms with van der Waals surface area (Å²) in [5.74, 6) is 0. The molecule has 9 atom stereocenters. The van der Waals surface area contributed by atoms with E-state index in [1.165, 1.54) is 6.92 Å². The van der Waals surface area contributed by atoms with Gasteiger partial charge in [0.15, 0.2) is 6.29 Å². The van der Waals surface area contributed by atoms with Crippen LogP contribution < -0.4 is 0 Å². The summed E-state index contributed by atoms with van der Waals surface area (Å²) < 4.78 is 15.7. The molecule has 0 aliphatic carbocycles. The van der Waals surface area contributed by atoms with Crippen LogP contribution in [0.2, 0.25) is 0 Å². The fourth-order valence-electron chi connectivity index (χ4n) is 2.43. The minimum absolute atomic E-state index is 0.122. The lowest BCUT2D eigenvalue weighted by atomic mass is 9.99. The zero-order valence-electron chi connectivity index (χ0n) is 11.5. The average Bonchev–Trinajstić information content (AvgIpc) is 2.47. The molecule has 2 fully saturated rings. The lowest BCUT2D eigenvalue weighted by molar-refractivity contribution is -0.326. The van der Waals surface area contributed by atoms with E-state index in [1.807, 2.05) is 0 Å². The van der Waals surface area contributed by atoms with Crippen LogP contribution in [-0.4, -0.2) is 99.0 Å². The third kappa shape index (κ3) is 3.36. The molecule has 0 aromatic heterocycles. The fraction of sp³-hybridized carbons (Fsp3) is 1.00. The number of ether oxygens (including phenoxy) is 3. The van der Waals surface area contributed by atoms with Crippen molar-refractivity contribution >= 4 is 0 Å². The summed E-state index contributed by atoms with van der Waals surface area (Å²) in [4.78, 5) is 0. The van der Waals surface area contributed by atoms with Crippen molar-refractivity contribution in [3.8, 4) is 0 Å². The van der Waals surface area contributed by atoms with Crippen molar-refractivity contribution in [2.75, 3.05) is 13.2 Å². The molecule has 0 spiro atoms. The highest BCUT2D eigenvalue weighted by Crippen LogP contribution is 2.26. The molecule has 2 rings (SSSR count). The zero-order chi connectivity index (χ0) is 15.7. The second-order valence-electron chi connectivity index (χ2n) is 5.39. The fourth-order valence-corrected chi connectivity index (χ4v) is 2.43. The predicted octanol–water partition coefficient (Wildman–Crippen LogP) is -3.69. The highest BCUT2D eigenvalue weighted by atomic mass is 18.2. The standard InChI is InChI=1S/C12H22O9/c1-4-7(14)10(17)11(18)12(20-4)21-6-3-19-5(2-13)8(15)9(6)16/h4-18H,2-3H2,1H3/t4-,5+,6-,7+,8-,9+,10+,11-,12-/m0/s1/i18+2. The Labute approximate surface area is 121 Å². The van der Waals surface area contributed by atoms with E-state index in [1.54, 1.807) is 0 Å². The van der Waals surface area contributed by atoms with Crippen LogP contribution >= 0.6 is 0 Å². The van der Waals surface area contributed by atoms with Gasteiger partial charge in [-0.25, -0.2) is 0 Å². The second-order valence-corrected chi connectivity index (χ2v) is 5.39. The van der Waals surface area contributed by atoms with Crippen molar-refractivity contribution in [2.24, 2.45) is 0 Å². The summed E-state index contributed by atoms with van der Waals surface area (Å²) in [6.45, 7) is 0.930. The van der Waals surface area contributed by atoms with Crippen molar-refractivity contribution in [3.63, 3.8) is 0 Å². The highest BCUT2D eigenvalue weighted by Gasteiger charge is 2.46. The normalized spacial score (nSPS) is 51.9. The first-order valence-electron chi connectivity index (χ1n) is 6.80. The molecule has 21 heavy (non-hydrogen) atoms. The van der Waals surface area contributed by atoms with Crippen LogP contribution in [0.1, 0.15) is 6.92 Å². The Morgan fingerprint density at radius 2 is 1.76 bits per heavy atom. The van der Waals surface area contributed by atoms with Crippen LogP contribution in [0.5, 0.6) is 0 Å². The van der Waals surface area contributed by atoms with Gasteiger partial charge in [-0.05, 0) is 6.92 Å². The summed E-state index contributed by atoms with van der Waals surface area (Å²) in [5, 5.41) is 57.7. The Hall–Kier alpha value is -0.360. The van der Waals surface area contributed by atoms with Gasteiger partial charge in [0.05, 0.1) is 19.3 Å². The lowest BCUT2D eigenvalue weighted by Crippen LogP contribution is -2.61. The van der Waals surface area contributed by atoms with E-state index in [9.17, 15) is 25.5 Å². The SMILES string of the molecule is C[C@@H]1O[C@@H](O[C@H]2CO[C@H](CO)[C@H](O)[C@@H]2O)[C@@H]([18OH])[C@H](O)[C@@H]1O. The second kappa shape index (κ2) is 6.82. The number of hydrogen-bond acceptors (Lipinski definition) is 9. The van der Waals surface area contributed by atoms with Gasteiger partial charge >= 0.3 is 0 Å². The molecule has 0 bridgehead atoms. The van der Waals surface area contributed by atoms with Gasteiger partial charge in [0.1, 0.15) is 42.7 Å². The lowest BCUT2D eigenvalue weighted by Gasteiger charge is -2.43. The molecule has 2 aliphatic heterocycles. The third-order valence-corrected chi connectivity index (χ3v) is 3.88. The Kier molecular flexibility index (Phi) is 5.52. The van der Waals surface area contributed by atoms with Gasteiger partial charge in [-0.15, -0.1) is 0 Å². The maximum atomic E-state index is 9.92. The van der Waals surface area contributed by atoms with Crippen LogP contribution in [0.15, 0.2) is 0 Å².